The molecule has 140 valence electrons. The van der Waals surface area contributed by atoms with Gasteiger partial charge >= 0.3 is 12.1 Å². The lowest BCUT2D eigenvalue weighted by Crippen LogP contribution is -2.23. The van der Waals surface area contributed by atoms with Crippen molar-refractivity contribution in [2.24, 2.45) is 11.8 Å². The molecule has 1 aliphatic carbocycles. The molecule has 1 saturated carbocycles. The van der Waals surface area contributed by atoms with E-state index in [1.54, 1.807) is 25.1 Å². The second-order valence-electron chi connectivity index (χ2n) is 6.10. The van der Waals surface area contributed by atoms with Gasteiger partial charge < -0.3 is 23.7 Å². The number of aliphatic hydroxyl groups is 1. The molecule has 1 heterocycles. The van der Waals surface area contributed by atoms with Crippen molar-refractivity contribution in [1.82, 2.24) is 0 Å². The first-order valence-corrected chi connectivity index (χ1v) is 8.67. The Bertz CT molecular complexity index is 815. The summed E-state index contributed by atoms with van der Waals surface area (Å²) in [5.41, 5.74) is 1.17. The fourth-order valence-electron chi connectivity index (χ4n) is 2.88. The monoisotopic (exact) mass is 382 g/mol. The maximum atomic E-state index is 12.1. The van der Waals surface area contributed by atoms with Gasteiger partial charge in [0.15, 0.2) is 5.58 Å². The molecule has 1 fully saturated rings. The minimum Gasteiger partial charge on any atom is -0.463 e. The molecule has 1 aromatic carbocycles. The third-order valence-electron chi connectivity index (χ3n) is 4.22. The van der Waals surface area contributed by atoms with Crippen molar-refractivity contribution >= 4 is 34.7 Å². The van der Waals surface area contributed by atoms with Crippen LogP contribution in [0, 0.1) is 11.8 Å². The fraction of sp³-hybridized carbons (Fsp3) is 0.444. The highest BCUT2D eigenvalue weighted by Crippen LogP contribution is 2.49. The number of hydrogen-bond donors (Lipinski definition) is 1. The average molecular weight is 383 g/mol. The molecular formula is C18H19ClO7. The topological polar surface area (TPSA) is 95.2 Å². The summed E-state index contributed by atoms with van der Waals surface area (Å²) in [4.78, 5) is 23.3. The number of carbonyl (C=O) groups excluding carboxylic acids is 2. The Morgan fingerprint density at radius 1 is 1.38 bits per heavy atom. The molecule has 1 N–H and O–H groups in total. The number of ether oxygens (including phenoxy) is 3. The third kappa shape index (κ3) is 3.94. The van der Waals surface area contributed by atoms with E-state index in [4.69, 9.17) is 25.5 Å². The minimum atomic E-state index is -1.06. The van der Waals surface area contributed by atoms with Gasteiger partial charge in [-0.05, 0) is 37.1 Å². The molecule has 1 aromatic heterocycles. The zero-order chi connectivity index (χ0) is 18.8. The highest BCUT2D eigenvalue weighted by molar-refractivity contribution is 6.34. The average Bonchev–Trinajstić information content (AvgIpc) is 3.23. The first-order valence-electron chi connectivity index (χ1n) is 8.29. The number of esters is 1. The van der Waals surface area contributed by atoms with Crippen LogP contribution in [0.2, 0.25) is 5.02 Å². The number of aliphatic hydroxyl groups excluding tert-OH is 1. The van der Waals surface area contributed by atoms with Gasteiger partial charge in [-0.3, -0.25) is 4.79 Å². The van der Waals surface area contributed by atoms with Gasteiger partial charge in [0, 0.05) is 18.2 Å². The zero-order valence-electron chi connectivity index (χ0n) is 14.3. The van der Waals surface area contributed by atoms with Crippen LogP contribution in [0.15, 0.2) is 28.9 Å². The molecule has 4 atom stereocenters. The summed E-state index contributed by atoms with van der Waals surface area (Å²) < 4.78 is 19.7. The van der Waals surface area contributed by atoms with E-state index < -0.39 is 30.4 Å². The van der Waals surface area contributed by atoms with Crippen molar-refractivity contribution in [1.29, 1.82) is 0 Å². The summed E-state index contributed by atoms with van der Waals surface area (Å²) in [6.07, 6.45) is -0.812. The predicted octanol–water partition coefficient (Wildman–Crippen LogP) is 3.82. The molecule has 2 aromatic rings. The van der Waals surface area contributed by atoms with E-state index >= 15 is 0 Å². The Morgan fingerprint density at radius 3 is 2.88 bits per heavy atom. The van der Waals surface area contributed by atoms with Gasteiger partial charge in [0.1, 0.15) is 0 Å². The number of halogens is 1. The van der Waals surface area contributed by atoms with E-state index in [0.717, 1.165) is 5.39 Å². The maximum absolute atomic E-state index is 12.1. The van der Waals surface area contributed by atoms with Crippen molar-refractivity contribution in [3.05, 3.63) is 35.0 Å². The number of fused-ring (bicyclic) bond motifs is 1. The molecule has 26 heavy (non-hydrogen) atoms. The highest BCUT2D eigenvalue weighted by Gasteiger charge is 2.49. The van der Waals surface area contributed by atoms with E-state index in [1.165, 1.54) is 13.2 Å². The quantitative estimate of drug-likeness (QED) is 0.599. The van der Waals surface area contributed by atoms with Gasteiger partial charge in [0.25, 0.3) is 0 Å². The number of rotatable bonds is 6. The van der Waals surface area contributed by atoms with Gasteiger partial charge in [-0.1, -0.05) is 11.6 Å². The normalized spacial score (nSPS) is 21.1. The Hall–Kier alpha value is -2.25. The SMILES string of the molecule is CCOC(=O)OC(C)OC(=O)[C@H]1C[C@@H]1C(O)c1cc(Cl)c2occc2c1. The fourth-order valence-corrected chi connectivity index (χ4v) is 3.15. The Balaban J connectivity index is 1.58. The number of benzene rings is 1. The molecule has 0 aliphatic heterocycles. The highest BCUT2D eigenvalue weighted by atomic mass is 35.5. The van der Waals surface area contributed by atoms with Crippen LogP contribution >= 0.6 is 11.6 Å². The Morgan fingerprint density at radius 2 is 2.15 bits per heavy atom. The Labute approximate surface area is 154 Å². The van der Waals surface area contributed by atoms with E-state index in [9.17, 15) is 14.7 Å². The van der Waals surface area contributed by atoms with Gasteiger partial charge in [-0.15, -0.1) is 0 Å². The molecule has 0 spiro atoms. The number of carbonyl (C=O) groups is 2. The maximum Gasteiger partial charge on any atom is 0.511 e. The molecular weight excluding hydrogens is 364 g/mol. The molecule has 1 aliphatic rings. The van der Waals surface area contributed by atoms with Crippen LogP contribution in [0.4, 0.5) is 4.79 Å². The van der Waals surface area contributed by atoms with Crippen LogP contribution < -0.4 is 0 Å². The van der Waals surface area contributed by atoms with Crippen molar-refractivity contribution < 1.29 is 33.3 Å². The summed E-state index contributed by atoms with van der Waals surface area (Å²) in [6.45, 7) is 3.23. The van der Waals surface area contributed by atoms with E-state index in [2.05, 4.69) is 4.74 Å². The van der Waals surface area contributed by atoms with Crippen LogP contribution in [0.3, 0.4) is 0 Å². The minimum absolute atomic E-state index is 0.167. The van der Waals surface area contributed by atoms with Crippen molar-refractivity contribution in [2.45, 2.75) is 32.7 Å². The van der Waals surface area contributed by atoms with Gasteiger partial charge in [0.05, 0.1) is 29.9 Å². The summed E-state index contributed by atoms with van der Waals surface area (Å²) in [6, 6.07) is 5.17. The largest absolute Gasteiger partial charge is 0.511 e. The molecule has 2 unspecified atom stereocenters. The zero-order valence-corrected chi connectivity index (χ0v) is 15.1. The first kappa shape index (κ1) is 18.5. The summed E-state index contributed by atoms with van der Waals surface area (Å²) in [7, 11) is 0. The number of furan rings is 1. The predicted molar refractivity (Wildman–Crippen MR) is 91.4 cm³/mol. The molecule has 7 nitrogen and oxygen atoms in total. The van der Waals surface area contributed by atoms with Crippen LogP contribution in [0.25, 0.3) is 11.0 Å². The summed E-state index contributed by atoms with van der Waals surface area (Å²) in [5, 5.41) is 11.7. The van der Waals surface area contributed by atoms with Gasteiger partial charge in [-0.2, -0.15) is 0 Å². The van der Waals surface area contributed by atoms with Crippen molar-refractivity contribution in [2.75, 3.05) is 6.61 Å². The smallest absolute Gasteiger partial charge is 0.463 e. The standard InChI is InChI=1S/C18H19ClO7/c1-3-23-18(22)26-9(2)25-17(21)13-8-12(13)15(20)11-6-10-4-5-24-16(10)14(19)7-11/h4-7,9,12-13,15,20H,3,8H2,1-2H3/t9?,12-,13-,15?/m0/s1. The third-order valence-corrected chi connectivity index (χ3v) is 4.51. The lowest BCUT2D eigenvalue weighted by molar-refractivity contribution is -0.170. The first-order chi connectivity index (χ1) is 12.4. The molecule has 0 radical (unpaired) electrons. The second kappa shape index (κ2) is 7.55. The van der Waals surface area contributed by atoms with Crippen molar-refractivity contribution in [3.8, 4) is 0 Å². The summed E-state index contributed by atoms with van der Waals surface area (Å²) >= 11 is 6.16. The number of hydrogen-bond acceptors (Lipinski definition) is 7. The van der Waals surface area contributed by atoms with E-state index in [0.29, 0.717) is 22.6 Å². The van der Waals surface area contributed by atoms with Crippen LogP contribution in [-0.2, 0) is 19.0 Å². The molecule has 8 heteroatoms. The van der Waals surface area contributed by atoms with Crippen LogP contribution in [-0.4, -0.2) is 30.1 Å². The van der Waals surface area contributed by atoms with Crippen molar-refractivity contribution in [3.63, 3.8) is 0 Å². The van der Waals surface area contributed by atoms with E-state index in [1.807, 2.05) is 0 Å². The van der Waals surface area contributed by atoms with Crippen LogP contribution in [0.5, 0.6) is 0 Å². The molecule has 0 amide bonds. The molecule has 3 rings (SSSR count). The summed E-state index contributed by atoms with van der Waals surface area (Å²) in [5.74, 6) is -1.27. The second-order valence-corrected chi connectivity index (χ2v) is 6.51. The molecule has 0 bridgehead atoms. The lowest BCUT2D eigenvalue weighted by atomic mass is 10.0. The molecule has 0 saturated heterocycles. The lowest BCUT2D eigenvalue weighted by Gasteiger charge is -2.14. The van der Waals surface area contributed by atoms with Crippen LogP contribution in [0.1, 0.15) is 31.9 Å². The Kier molecular flexibility index (Phi) is 5.38. The van der Waals surface area contributed by atoms with Gasteiger partial charge in [0.2, 0.25) is 6.29 Å². The van der Waals surface area contributed by atoms with Gasteiger partial charge in [-0.25, -0.2) is 4.79 Å². The van der Waals surface area contributed by atoms with E-state index in [-0.39, 0.29) is 12.5 Å².